The highest BCUT2D eigenvalue weighted by atomic mass is 32.1. The Hall–Kier alpha value is -1.40. The van der Waals surface area contributed by atoms with Crippen LogP contribution in [0.15, 0.2) is 0 Å². The Morgan fingerprint density at radius 2 is 1.92 bits per heavy atom. The van der Waals surface area contributed by atoms with Crippen LogP contribution in [0.5, 0.6) is 0 Å². The minimum Gasteiger partial charge on any atom is -0.462 e. The van der Waals surface area contributed by atoms with Crippen molar-refractivity contribution in [3.05, 3.63) is 16.0 Å². The smallest absolute Gasteiger partial charge is 0.341 e. The lowest BCUT2D eigenvalue weighted by Gasteiger charge is -2.28. The van der Waals surface area contributed by atoms with Gasteiger partial charge < -0.3 is 15.4 Å². The number of aryl methyl sites for hydroxylation is 1. The molecule has 2 fully saturated rings. The maximum absolute atomic E-state index is 12.6. The number of anilines is 1. The van der Waals surface area contributed by atoms with E-state index in [0.717, 1.165) is 29.7 Å². The van der Waals surface area contributed by atoms with Gasteiger partial charge >= 0.3 is 5.97 Å². The van der Waals surface area contributed by atoms with E-state index in [1.165, 1.54) is 24.2 Å². The molecule has 0 aliphatic carbocycles. The van der Waals surface area contributed by atoms with Gasteiger partial charge in [-0.05, 0) is 57.4 Å². The van der Waals surface area contributed by atoms with Gasteiger partial charge in [0.2, 0.25) is 5.91 Å². The molecule has 25 heavy (non-hydrogen) atoms. The van der Waals surface area contributed by atoms with Crippen LogP contribution in [-0.4, -0.2) is 30.6 Å². The lowest BCUT2D eigenvalue weighted by atomic mass is 9.89. The second-order valence-electron chi connectivity index (χ2n) is 7.14. The number of ether oxygens (including phenoxy) is 1. The molecule has 3 heterocycles. The first-order valence-corrected chi connectivity index (χ1v) is 10.2. The Labute approximate surface area is 153 Å². The molecule has 0 aromatic carbocycles. The molecule has 0 saturated carbocycles. The summed E-state index contributed by atoms with van der Waals surface area (Å²) in [5.41, 5.74) is 1.53. The summed E-state index contributed by atoms with van der Waals surface area (Å²) >= 11 is 1.48. The molecule has 1 aromatic rings. The van der Waals surface area contributed by atoms with Crippen LogP contribution < -0.4 is 10.6 Å². The molecule has 2 unspecified atom stereocenters. The number of thiophene rings is 1. The molecular weight excluding hydrogens is 336 g/mol. The Morgan fingerprint density at radius 1 is 1.24 bits per heavy atom. The van der Waals surface area contributed by atoms with Crippen LogP contribution in [-0.2, 0) is 16.0 Å². The van der Waals surface area contributed by atoms with Gasteiger partial charge in [0.25, 0.3) is 0 Å². The first-order valence-electron chi connectivity index (χ1n) is 9.37. The van der Waals surface area contributed by atoms with Crippen LogP contribution in [0.3, 0.4) is 0 Å². The lowest BCUT2D eigenvalue weighted by Crippen LogP contribution is -2.39. The van der Waals surface area contributed by atoms with Crippen molar-refractivity contribution in [3.8, 4) is 0 Å². The topological polar surface area (TPSA) is 67.4 Å². The molecular formula is C19H28N2O3S. The van der Waals surface area contributed by atoms with E-state index in [9.17, 15) is 9.59 Å². The van der Waals surface area contributed by atoms with Gasteiger partial charge in [-0.3, -0.25) is 4.79 Å². The summed E-state index contributed by atoms with van der Waals surface area (Å²) in [4.78, 5) is 26.0. The van der Waals surface area contributed by atoms with Crippen molar-refractivity contribution in [2.45, 2.75) is 71.4 Å². The molecule has 1 aromatic heterocycles. The van der Waals surface area contributed by atoms with Crippen LogP contribution in [0.2, 0.25) is 0 Å². The number of hydrogen-bond acceptors (Lipinski definition) is 5. The Morgan fingerprint density at radius 3 is 2.52 bits per heavy atom. The molecule has 2 atom stereocenters. The zero-order chi connectivity index (χ0) is 18.0. The minimum absolute atomic E-state index is 0.0146. The summed E-state index contributed by atoms with van der Waals surface area (Å²) in [5, 5.41) is 7.26. The summed E-state index contributed by atoms with van der Waals surface area (Å²) in [6, 6.07) is 1.17. The zero-order valence-electron chi connectivity index (χ0n) is 15.3. The Kier molecular flexibility index (Phi) is 5.79. The van der Waals surface area contributed by atoms with Crippen molar-refractivity contribution in [2.75, 3.05) is 11.9 Å². The number of rotatable bonds is 6. The molecule has 5 nitrogen and oxygen atoms in total. The summed E-state index contributed by atoms with van der Waals surface area (Å²) in [6.45, 7) is 6.15. The molecule has 1 amide bonds. The van der Waals surface area contributed by atoms with Crippen molar-refractivity contribution in [1.29, 1.82) is 0 Å². The standard InChI is InChI=1S/C19H28N2O3S/c1-4-15-11(3)25-18(17(15)19(23)24-5-2)21-16(22)10-12-8-13-6-7-14(9-12)20-13/h12-14,20H,4-10H2,1-3H3,(H,21,22). The van der Waals surface area contributed by atoms with Crippen molar-refractivity contribution < 1.29 is 14.3 Å². The van der Waals surface area contributed by atoms with Crippen LogP contribution in [0.1, 0.15) is 66.8 Å². The van der Waals surface area contributed by atoms with Crippen LogP contribution in [0, 0.1) is 12.8 Å². The Bertz CT molecular complexity index is 643. The highest BCUT2D eigenvalue weighted by molar-refractivity contribution is 7.16. The number of carbonyl (C=O) groups excluding carboxylic acids is 2. The van der Waals surface area contributed by atoms with Crippen LogP contribution in [0.4, 0.5) is 5.00 Å². The van der Waals surface area contributed by atoms with Crippen molar-refractivity contribution in [3.63, 3.8) is 0 Å². The maximum atomic E-state index is 12.6. The van der Waals surface area contributed by atoms with E-state index in [1.54, 1.807) is 6.92 Å². The number of nitrogens with one attached hydrogen (secondary N) is 2. The van der Waals surface area contributed by atoms with E-state index < -0.39 is 0 Å². The van der Waals surface area contributed by atoms with Gasteiger partial charge in [-0.1, -0.05) is 6.92 Å². The molecule has 2 bridgehead atoms. The summed E-state index contributed by atoms with van der Waals surface area (Å²) < 4.78 is 5.20. The summed E-state index contributed by atoms with van der Waals surface area (Å²) in [5.74, 6) is 0.121. The molecule has 6 heteroatoms. The monoisotopic (exact) mass is 364 g/mol. The predicted octanol–water partition coefficient (Wildman–Crippen LogP) is 3.65. The molecule has 2 N–H and O–H groups in total. The van der Waals surface area contributed by atoms with Crippen LogP contribution in [0.25, 0.3) is 0 Å². The normalized spacial score (nSPS) is 25.0. The molecule has 2 aliphatic rings. The number of hydrogen-bond donors (Lipinski definition) is 2. The third kappa shape index (κ3) is 4.06. The number of fused-ring (bicyclic) bond motifs is 2. The number of esters is 1. The third-order valence-corrected chi connectivity index (χ3v) is 6.40. The second-order valence-corrected chi connectivity index (χ2v) is 8.37. The molecule has 0 radical (unpaired) electrons. The van der Waals surface area contributed by atoms with E-state index in [4.69, 9.17) is 4.74 Å². The number of carbonyl (C=O) groups is 2. The Balaban J connectivity index is 1.69. The van der Waals surface area contributed by atoms with Gasteiger partial charge in [-0.25, -0.2) is 4.79 Å². The number of piperidine rings is 1. The largest absolute Gasteiger partial charge is 0.462 e. The summed E-state index contributed by atoms with van der Waals surface area (Å²) in [6.07, 6.45) is 5.93. The second kappa shape index (κ2) is 7.87. The van der Waals surface area contributed by atoms with Crippen LogP contribution >= 0.6 is 11.3 Å². The molecule has 2 saturated heterocycles. The van der Waals surface area contributed by atoms with Gasteiger partial charge in [-0.2, -0.15) is 0 Å². The van der Waals surface area contributed by atoms with E-state index in [1.807, 2.05) is 13.8 Å². The SMILES string of the molecule is CCOC(=O)c1c(NC(=O)CC2CC3CCC(C2)N3)sc(C)c1CC. The van der Waals surface area contributed by atoms with Gasteiger partial charge in [0.1, 0.15) is 5.00 Å². The van der Waals surface area contributed by atoms with Crippen molar-refractivity contribution in [2.24, 2.45) is 5.92 Å². The van der Waals surface area contributed by atoms with E-state index >= 15 is 0 Å². The quantitative estimate of drug-likeness (QED) is 0.756. The highest BCUT2D eigenvalue weighted by Gasteiger charge is 2.34. The molecule has 3 rings (SSSR count). The van der Waals surface area contributed by atoms with E-state index in [-0.39, 0.29) is 11.9 Å². The van der Waals surface area contributed by atoms with Gasteiger partial charge in [0.15, 0.2) is 0 Å². The zero-order valence-corrected chi connectivity index (χ0v) is 16.1. The van der Waals surface area contributed by atoms with Gasteiger partial charge in [0, 0.05) is 23.4 Å². The van der Waals surface area contributed by atoms with E-state index in [0.29, 0.717) is 41.6 Å². The van der Waals surface area contributed by atoms with Crippen molar-refractivity contribution >= 4 is 28.2 Å². The fourth-order valence-electron chi connectivity index (χ4n) is 4.29. The average Bonchev–Trinajstić information content (AvgIpc) is 3.06. The third-order valence-electron chi connectivity index (χ3n) is 5.34. The fraction of sp³-hybridized carbons (Fsp3) is 0.684. The lowest BCUT2D eigenvalue weighted by molar-refractivity contribution is -0.117. The highest BCUT2D eigenvalue weighted by Crippen LogP contribution is 2.36. The number of amides is 1. The fourth-order valence-corrected chi connectivity index (χ4v) is 5.44. The minimum atomic E-state index is -0.334. The molecule has 0 spiro atoms. The maximum Gasteiger partial charge on any atom is 0.341 e. The van der Waals surface area contributed by atoms with Crippen molar-refractivity contribution in [1.82, 2.24) is 5.32 Å². The first-order chi connectivity index (χ1) is 12.0. The molecule has 2 aliphatic heterocycles. The van der Waals surface area contributed by atoms with E-state index in [2.05, 4.69) is 10.6 Å². The van der Waals surface area contributed by atoms with Gasteiger partial charge in [0.05, 0.1) is 12.2 Å². The molecule has 138 valence electrons. The average molecular weight is 365 g/mol. The first kappa shape index (κ1) is 18.4. The predicted molar refractivity (Wildman–Crippen MR) is 100 cm³/mol. The van der Waals surface area contributed by atoms with Gasteiger partial charge in [-0.15, -0.1) is 11.3 Å². The summed E-state index contributed by atoms with van der Waals surface area (Å²) in [7, 11) is 0.